The lowest BCUT2D eigenvalue weighted by molar-refractivity contribution is -0.137. The first kappa shape index (κ1) is 23.6. The molecule has 3 heterocycles. The molecule has 0 spiro atoms. The Labute approximate surface area is 194 Å². The first-order valence-electron chi connectivity index (χ1n) is 11.1. The van der Waals surface area contributed by atoms with Crippen LogP contribution in [0.1, 0.15) is 34.5 Å². The summed E-state index contributed by atoms with van der Waals surface area (Å²) in [5, 5.41) is 18.2. The molecule has 2 aliphatic heterocycles. The van der Waals surface area contributed by atoms with Gasteiger partial charge in [0.05, 0.1) is 23.1 Å². The SMILES string of the molecule is CNC(=O)[C@@H]1CN(c2ccc(C#N)c(C(F)(F)F)c2)C[C@H]1C1CCN(C(=O)c2ccn[nH]2)CC1. The van der Waals surface area contributed by atoms with E-state index in [9.17, 15) is 22.8 Å². The van der Waals surface area contributed by atoms with Crippen molar-refractivity contribution in [1.29, 1.82) is 5.26 Å². The van der Waals surface area contributed by atoms with Gasteiger partial charge in [0.15, 0.2) is 0 Å². The summed E-state index contributed by atoms with van der Waals surface area (Å²) in [4.78, 5) is 28.8. The number of halogens is 3. The number of benzene rings is 1. The summed E-state index contributed by atoms with van der Waals surface area (Å²) in [6.45, 7) is 1.80. The molecule has 0 radical (unpaired) electrons. The number of alkyl halides is 3. The van der Waals surface area contributed by atoms with E-state index in [0.717, 1.165) is 6.07 Å². The van der Waals surface area contributed by atoms with Gasteiger partial charge in [0, 0.05) is 45.1 Å². The highest BCUT2D eigenvalue weighted by atomic mass is 19.4. The standard InChI is InChI=1S/C23H25F3N6O2/c1-28-21(33)18-13-32(16-3-2-15(11-27)19(10-16)23(24,25)26)12-17(18)14-5-8-31(9-6-14)22(34)20-4-7-29-30-20/h2-4,7,10,14,17-18H,5-6,8-9,12-13H2,1H3,(H,28,33)(H,29,30)/t17-,18+/m0/s1. The van der Waals surface area contributed by atoms with E-state index in [1.54, 1.807) is 29.0 Å². The third-order valence-electron chi connectivity index (χ3n) is 6.91. The van der Waals surface area contributed by atoms with Crippen molar-refractivity contribution in [2.24, 2.45) is 17.8 Å². The number of carbonyl (C=O) groups is 2. The van der Waals surface area contributed by atoms with Crippen LogP contribution in [0.5, 0.6) is 0 Å². The molecule has 0 saturated carbocycles. The molecule has 0 bridgehead atoms. The van der Waals surface area contributed by atoms with Gasteiger partial charge < -0.3 is 15.1 Å². The molecule has 2 aliphatic rings. The van der Waals surface area contributed by atoms with Gasteiger partial charge in [0.2, 0.25) is 5.91 Å². The average Bonchev–Trinajstić information content (AvgIpc) is 3.53. The highest BCUT2D eigenvalue weighted by molar-refractivity contribution is 5.92. The Morgan fingerprint density at radius 1 is 1.21 bits per heavy atom. The fourth-order valence-corrected chi connectivity index (χ4v) is 5.12. The highest BCUT2D eigenvalue weighted by Gasteiger charge is 2.43. The van der Waals surface area contributed by atoms with Crippen molar-refractivity contribution in [3.8, 4) is 6.07 Å². The van der Waals surface area contributed by atoms with Gasteiger partial charge in [-0.3, -0.25) is 14.7 Å². The second kappa shape index (κ2) is 9.37. The second-order valence-corrected chi connectivity index (χ2v) is 8.73. The molecule has 2 saturated heterocycles. The topological polar surface area (TPSA) is 105 Å². The number of aromatic amines is 1. The van der Waals surface area contributed by atoms with Gasteiger partial charge in [-0.2, -0.15) is 23.5 Å². The van der Waals surface area contributed by atoms with Gasteiger partial charge in [-0.05, 0) is 48.9 Å². The van der Waals surface area contributed by atoms with E-state index in [-0.39, 0.29) is 29.6 Å². The lowest BCUT2D eigenvalue weighted by atomic mass is 9.78. The van der Waals surface area contributed by atoms with Crippen LogP contribution in [0.2, 0.25) is 0 Å². The first-order valence-corrected chi connectivity index (χ1v) is 11.1. The number of amides is 2. The molecule has 2 fully saturated rings. The number of nitrogens with one attached hydrogen (secondary N) is 2. The summed E-state index contributed by atoms with van der Waals surface area (Å²) in [6, 6.07) is 6.90. The Morgan fingerprint density at radius 2 is 1.94 bits per heavy atom. The highest BCUT2D eigenvalue weighted by Crippen LogP contribution is 2.40. The zero-order valence-electron chi connectivity index (χ0n) is 18.6. The van der Waals surface area contributed by atoms with Gasteiger partial charge in [-0.1, -0.05) is 0 Å². The minimum Gasteiger partial charge on any atom is -0.370 e. The number of hydrogen-bond acceptors (Lipinski definition) is 5. The number of nitrogens with zero attached hydrogens (tertiary/aromatic N) is 4. The molecular weight excluding hydrogens is 449 g/mol. The lowest BCUT2D eigenvalue weighted by Crippen LogP contribution is -2.43. The third kappa shape index (κ3) is 4.58. The molecule has 11 heteroatoms. The van der Waals surface area contributed by atoms with Gasteiger partial charge in [0.25, 0.3) is 5.91 Å². The van der Waals surface area contributed by atoms with Crippen molar-refractivity contribution >= 4 is 17.5 Å². The number of hydrogen-bond donors (Lipinski definition) is 2. The average molecular weight is 474 g/mol. The van der Waals surface area contributed by atoms with Gasteiger partial charge in [-0.15, -0.1) is 0 Å². The number of carbonyl (C=O) groups excluding carboxylic acids is 2. The molecule has 8 nitrogen and oxygen atoms in total. The lowest BCUT2D eigenvalue weighted by Gasteiger charge is -2.36. The first-order chi connectivity index (χ1) is 16.2. The summed E-state index contributed by atoms with van der Waals surface area (Å²) in [5.41, 5.74) is -0.633. The van der Waals surface area contributed by atoms with Gasteiger partial charge in [0.1, 0.15) is 5.69 Å². The van der Waals surface area contributed by atoms with Crippen LogP contribution in [0.15, 0.2) is 30.5 Å². The number of piperidine rings is 1. The number of rotatable bonds is 4. The molecule has 180 valence electrons. The molecule has 34 heavy (non-hydrogen) atoms. The molecule has 1 aromatic heterocycles. The molecule has 4 rings (SSSR count). The van der Waals surface area contributed by atoms with Crippen LogP contribution in [0, 0.1) is 29.1 Å². The fourth-order valence-electron chi connectivity index (χ4n) is 5.12. The summed E-state index contributed by atoms with van der Waals surface area (Å²) in [5.74, 6) is -0.556. The van der Waals surface area contributed by atoms with Crippen LogP contribution in [0.4, 0.5) is 18.9 Å². The maximum atomic E-state index is 13.5. The van der Waals surface area contributed by atoms with E-state index in [0.29, 0.717) is 50.4 Å². The number of H-pyrrole nitrogens is 1. The molecule has 2 N–H and O–H groups in total. The van der Waals surface area contributed by atoms with E-state index in [1.165, 1.54) is 18.3 Å². The van der Waals surface area contributed by atoms with Crippen molar-refractivity contribution in [3.05, 3.63) is 47.3 Å². The number of anilines is 1. The van der Waals surface area contributed by atoms with Crippen LogP contribution < -0.4 is 10.2 Å². The fraction of sp³-hybridized carbons (Fsp3) is 0.478. The minimum atomic E-state index is -4.64. The normalized spacial score (nSPS) is 21.4. The van der Waals surface area contributed by atoms with E-state index >= 15 is 0 Å². The van der Waals surface area contributed by atoms with E-state index in [2.05, 4.69) is 15.5 Å². The van der Waals surface area contributed by atoms with E-state index in [4.69, 9.17) is 5.26 Å². The molecule has 2 amide bonds. The molecule has 0 aliphatic carbocycles. The Balaban J connectivity index is 1.51. The summed E-state index contributed by atoms with van der Waals surface area (Å²) >= 11 is 0. The van der Waals surface area contributed by atoms with Crippen molar-refractivity contribution < 1.29 is 22.8 Å². The Bertz CT molecular complexity index is 1090. The van der Waals surface area contributed by atoms with Crippen molar-refractivity contribution in [3.63, 3.8) is 0 Å². The molecule has 0 unspecified atom stereocenters. The van der Waals surface area contributed by atoms with Gasteiger partial charge in [-0.25, -0.2) is 0 Å². The maximum Gasteiger partial charge on any atom is 0.417 e. The van der Waals surface area contributed by atoms with Crippen molar-refractivity contribution in [1.82, 2.24) is 20.4 Å². The predicted octanol–water partition coefficient (Wildman–Crippen LogP) is 2.65. The minimum absolute atomic E-state index is 0.0608. The monoisotopic (exact) mass is 474 g/mol. The van der Waals surface area contributed by atoms with Crippen molar-refractivity contribution in [2.45, 2.75) is 19.0 Å². The largest absolute Gasteiger partial charge is 0.417 e. The summed E-state index contributed by atoms with van der Waals surface area (Å²) in [6.07, 6.45) is -1.72. The summed E-state index contributed by atoms with van der Waals surface area (Å²) in [7, 11) is 1.55. The van der Waals surface area contributed by atoms with Crippen LogP contribution in [0.25, 0.3) is 0 Å². The Kier molecular flexibility index (Phi) is 6.50. The third-order valence-corrected chi connectivity index (χ3v) is 6.91. The summed E-state index contributed by atoms with van der Waals surface area (Å²) < 4.78 is 40.4. The number of aromatic nitrogens is 2. The number of likely N-dealkylation sites (tertiary alicyclic amines) is 1. The number of nitriles is 1. The molecule has 2 aromatic rings. The molecule has 1 aromatic carbocycles. The van der Waals surface area contributed by atoms with Crippen LogP contribution in [-0.2, 0) is 11.0 Å². The van der Waals surface area contributed by atoms with E-state index < -0.39 is 17.3 Å². The van der Waals surface area contributed by atoms with E-state index in [1.807, 2.05) is 0 Å². The maximum absolute atomic E-state index is 13.5. The molecular formula is C23H25F3N6O2. The zero-order valence-corrected chi connectivity index (χ0v) is 18.6. The van der Waals surface area contributed by atoms with Crippen LogP contribution >= 0.6 is 0 Å². The Morgan fingerprint density at radius 3 is 2.53 bits per heavy atom. The smallest absolute Gasteiger partial charge is 0.370 e. The van der Waals surface area contributed by atoms with Crippen molar-refractivity contribution in [2.75, 3.05) is 38.1 Å². The van der Waals surface area contributed by atoms with Gasteiger partial charge >= 0.3 is 6.18 Å². The second-order valence-electron chi connectivity index (χ2n) is 8.73. The zero-order chi connectivity index (χ0) is 24.5. The molecule has 2 atom stereocenters. The van der Waals surface area contributed by atoms with Crippen LogP contribution in [0.3, 0.4) is 0 Å². The predicted molar refractivity (Wildman–Crippen MR) is 117 cm³/mol. The van der Waals surface area contributed by atoms with Crippen LogP contribution in [-0.4, -0.2) is 60.1 Å². The quantitative estimate of drug-likeness (QED) is 0.709. The Hall–Kier alpha value is -3.55.